The molecule has 0 atom stereocenters. The van der Waals surface area contributed by atoms with Crippen LogP contribution in [0.1, 0.15) is 26.3 Å². The molecule has 5 heteroatoms. The number of fused-ring (bicyclic) bond motifs is 3. The van der Waals surface area contributed by atoms with Gasteiger partial charge in [-0.3, -0.25) is 0 Å². The molecule has 8 rings (SSSR count). The summed E-state index contributed by atoms with van der Waals surface area (Å²) in [6.07, 6.45) is -0.0608. The van der Waals surface area contributed by atoms with Crippen molar-refractivity contribution in [2.75, 3.05) is 46.2 Å². The lowest BCUT2D eigenvalue weighted by atomic mass is 9.67. The minimum absolute atomic E-state index is 0.0356. The van der Waals surface area contributed by atoms with E-state index in [-0.39, 0.29) is 22.3 Å². The Balaban J connectivity index is 1.38. The zero-order chi connectivity index (χ0) is 30.1. The molecular weight excluding hydrogens is 548 g/mol. The van der Waals surface area contributed by atoms with Gasteiger partial charge in [-0.2, -0.15) is 0 Å². The fraction of sp³-hybridized carbons (Fsp3) is 0.385. The van der Waals surface area contributed by atoms with Gasteiger partial charge in [0.15, 0.2) is 0 Å². The van der Waals surface area contributed by atoms with Crippen LogP contribution in [-0.2, 0) is 14.2 Å². The second-order valence-corrected chi connectivity index (χ2v) is 14.3. The summed E-state index contributed by atoms with van der Waals surface area (Å²) < 4.78 is 31.2. The van der Waals surface area contributed by atoms with E-state index < -0.39 is 0 Å². The van der Waals surface area contributed by atoms with Crippen LogP contribution in [-0.4, -0.2) is 52.4 Å². The molecule has 3 aliphatic rings. The minimum Gasteiger partial charge on any atom is -0.492 e. The second kappa shape index (κ2) is 10.2. The standard InChI is InChI=1S/C39H40O5/c1-25-13-15-30-32(17-25)33(28-11-7-8-12-29(28)34(30)43-20-37(2)18-40-19-37)31-16-14-26-9-5-6-10-27(26)35(31)44-36(38(3)21-41-22-38)39(4)23-42-24-39/h5-17,36H,18-24H2,1-4H3. The van der Waals surface area contributed by atoms with Crippen molar-refractivity contribution in [2.45, 2.75) is 33.8 Å². The number of hydrogen-bond acceptors (Lipinski definition) is 5. The average Bonchev–Trinajstić information content (AvgIpc) is 2.99. The largest absolute Gasteiger partial charge is 0.492 e. The maximum Gasteiger partial charge on any atom is 0.135 e. The van der Waals surface area contributed by atoms with Gasteiger partial charge in [0.1, 0.15) is 17.6 Å². The summed E-state index contributed by atoms with van der Waals surface area (Å²) in [5, 5.41) is 6.83. The van der Waals surface area contributed by atoms with Crippen molar-refractivity contribution < 1.29 is 23.7 Å². The number of hydrogen-bond donors (Lipinski definition) is 0. The molecule has 44 heavy (non-hydrogen) atoms. The Labute approximate surface area is 259 Å². The van der Waals surface area contributed by atoms with Crippen LogP contribution in [0.4, 0.5) is 0 Å². The molecule has 0 unspecified atom stereocenters. The molecule has 0 amide bonds. The molecule has 0 saturated carbocycles. The van der Waals surface area contributed by atoms with Gasteiger partial charge in [-0.15, -0.1) is 0 Å². The lowest BCUT2D eigenvalue weighted by molar-refractivity contribution is -0.236. The van der Waals surface area contributed by atoms with Gasteiger partial charge in [0, 0.05) is 32.7 Å². The predicted octanol–water partition coefficient (Wildman–Crippen LogP) is 8.36. The lowest BCUT2D eigenvalue weighted by Crippen LogP contribution is -2.63. The van der Waals surface area contributed by atoms with E-state index in [0.29, 0.717) is 33.0 Å². The molecule has 0 spiro atoms. The van der Waals surface area contributed by atoms with Crippen molar-refractivity contribution in [2.24, 2.45) is 16.2 Å². The third-order valence-corrected chi connectivity index (χ3v) is 9.97. The number of benzene rings is 5. The van der Waals surface area contributed by atoms with E-state index in [2.05, 4.69) is 107 Å². The summed E-state index contributed by atoms with van der Waals surface area (Å²) in [7, 11) is 0. The summed E-state index contributed by atoms with van der Waals surface area (Å²) in [6, 6.07) is 28.4. The lowest BCUT2D eigenvalue weighted by Gasteiger charge is -2.54. The van der Waals surface area contributed by atoms with E-state index in [1.54, 1.807) is 0 Å². The Morgan fingerprint density at radius 2 is 1.25 bits per heavy atom. The highest BCUT2D eigenvalue weighted by Gasteiger charge is 2.55. The molecule has 0 bridgehead atoms. The highest BCUT2D eigenvalue weighted by Crippen LogP contribution is 2.51. The normalized spacial score (nSPS) is 19.8. The first kappa shape index (κ1) is 27.9. The van der Waals surface area contributed by atoms with Crippen molar-refractivity contribution in [1.82, 2.24) is 0 Å². The van der Waals surface area contributed by atoms with Gasteiger partial charge >= 0.3 is 0 Å². The number of rotatable bonds is 8. The first-order valence-corrected chi connectivity index (χ1v) is 15.8. The third-order valence-electron chi connectivity index (χ3n) is 9.97. The quantitative estimate of drug-likeness (QED) is 0.171. The van der Waals surface area contributed by atoms with Crippen molar-refractivity contribution in [1.29, 1.82) is 0 Å². The summed E-state index contributed by atoms with van der Waals surface area (Å²) >= 11 is 0. The van der Waals surface area contributed by atoms with Gasteiger partial charge in [-0.05, 0) is 29.1 Å². The van der Waals surface area contributed by atoms with E-state index in [1.165, 1.54) is 16.5 Å². The van der Waals surface area contributed by atoms with Crippen LogP contribution < -0.4 is 9.47 Å². The average molecular weight is 589 g/mol. The summed E-state index contributed by atoms with van der Waals surface area (Å²) in [4.78, 5) is 0. The Kier molecular flexibility index (Phi) is 6.46. The van der Waals surface area contributed by atoms with Crippen LogP contribution in [0.3, 0.4) is 0 Å². The molecule has 0 aliphatic carbocycles. The first-order valence-electron chi connectivity index (χ1n) is 15.8. The highest BCUT2D eigenvalue weighted by molar-refractivity contribution is 6.18. The first-order chi connectivity index (χ1) is 21.3. The van der Waals surface area contributed by atoms with Gasteiger partial charge < -0.3 is 23.7 Å². The van der Waals surface area contributed by atoms with Crippen molar-refractivity contribution >= 4 is 32.3 Å². The maximum atomic E-state index is 7.39. The van der Waals surface area contributed by atoms with Crippen LogP contribution in [0.2, 0.25) is 0 Å². The van der Waals surface area contributed by atoms with Gasteiger partial charge in [0.05, 0.1) is 57.1 Å². The molecule has 0 radical (unpaired) electrons. The smallest absolute Gasteiger partial charge is 0.135 e. The molecule has 3 heterocycles. The topological polar surface area (TPSA) is 46.2 Å². The molecule has 3 fully saturated rings. The molecule has 3 saturated heterocycles. The van der Waals surface area contributed by atoms with Gasteiger partial charge in [0.2, 0.25) is 0 Å². The maximum absolute atomic E-state index is 7.39. The molecular formula is C39H40O5. The molecule has 0 N–H and O–H groups in total. The van der Waals surface area contributed by atoms with Gasteiger partial charge in [-0.1, -0.05) is 99.1 Å². The fourth-order valence-corrected chi connectivity index (χ4v) is 7.44. The molecule has 5 aromatic carbocycles. The van der Waals surface area contributed by atoms with Gasteiger partial charge in [-0.25, -0.2) is 0 Å². The van der Waals surface area contributed by atoms with Crippen molar-refractivity contribution in [3.05, 3.63) is 84.4 Å². The molecule has 3 aliphatic heterocycles. The van der Waals surface area contributed by atoms with Crippen LogP contribution in [0.5, 0.6) is 11.5 Å². The Morgan fingerprint density at radius 3 is 1.89 bits per heavy atom. The van der Waals surface area contributed by atoms with E-state index >= 15 is 0 Å². The van der Waals surface area contributed by atoms with Crippen molar-refractivity contribution in [3.8, 4) is 22.6 Å². The predicted molar refractivity (Wildman–Crippen MR) is 176 cm³/mol. The Morgan fingerprint density at radius 1 is 0.636 bits per heavy atom. The second-order valence-electron chi connectivity index (χ2n) is 14.3. The molecule has 0 aromatic heterocycles. The van der Waals surface area contributed by atoms with Crippen LogP contribution >= 0.6 is 0 Å². The highest BCUT2D eigenvalue weighted by atomic mass is 16.5. The molecule has 226 valence electrons. The van der Waals surface area contributed by atoms with Crippen LogP contribution in [0.15, 0.2) is 78.9 Å². The number of aryl methyl sites for hydroxylation is 1. The van der Waals surface area contributed by atoms with E-state index in [1.807, 2.05) is 0 Å². The van der Waals surface area contributed by atoms with E-state index in [9.17, 15) is 0 Å². The summed E-state index contributed by atoms with van der Waals surface area (Å²) in [5.41, 5.74) is 3.33. The zero-order valence-electron chi connectivity index (χ0n) is 26.1. The monoisotopic (exact) mass is 588 g/mol. The molecule has 5 aromatic rings. The summed E-state index contributed by atoms with van der Waals surface area (Å²) in [5.74, 6) is 1.86. The van der Waals surface area contributed by atoms with E-state index in [0.717, 1.165) is 57.2 Å². The summed E-state index contributed by atoms with van der Waals surface area (Å²) in [6.45, 7) is 13.8. The fourth-order valence-electron chi connectivity index (χ4n) is 7.44. The minimum atomic E-state index is -0.0908. The zero-order valence-corrected chi connectivity index (χ0v) is 26.1. The third kappa shape index (κ3) is 4.40. The molecule has 5 nitrogen and oxygen atoms in total. The van der Waals surface area contributed by atoms with Crippen molar-refractivity contribution in [3.63, 3.8) is 0 Å². The van der Waals surface area contributed by atoms with Crippen LogP contribution in [0, 0.1) is 23.2 Å². The Hall–Kier alpha value is -3.64. The van der Waals surface area contributed by atoms with Gasteiger partial charge in [0.25, 0.3) is 0 Å². The SMILES string of the molecule is Cc1ccc2c(OCC3(C)COC3)c3ccccc3c(-c3ccc4ccccc4c3OC(C3(C)COC3)C3(C)COC3)c2c1. The number of ether oxygens (including phenoxy) is 5. The Bertz CT molecular complexity index is 1880. The van der Waals surface area contributed by atoms with Crippen LogP contribution in [0.25, 0.3) is 43.4 Å². The van der Waals surface area contributed by atoms with E-state index in [4.69, 9.17) is 23.7 Å².